The van der Waals surface area contributed by atoms with Gasteiger partial charge in [0.25, 0.3) is 5.91 Å². The molecule has 1 unspecified atom stereocenters. The summed E-state index contributed by atoms with van der Waals surface area (Å²) in [6, 6.07) is 7.30. The number of carbonyl (C=O) groups excluding carboxylic acids is 1. The van der Waals surface area contributed by atoms with E-state index >= 15 is 0 Å². The molecule has 1 heterocycles. The molecule has 1 N–H and O–H groups in total. The highest BCUT2D eigenvalue weighted by Gasteiger charge is 2.46. The van der Waals surface area contributed by atoms with Crippen molar-refractivity contribution in [1.29, 1.82) is 0 Å². The first kappa shape index (κ1) is 14.5. The largest absolute Gasteiger partial charge is 0.481 e. The fourth-order valence-electron chi connectivity index (χ4n) is 2.55. The number of aliphatic carboxylic acids is 1. The third kappa shape index (κ3) is 2.67. The van der Waals surface area contributed by atoms with E-state index in [0.717, 1.165) is 5.56 Å². The number of rotatable bonds is 4. The number of hydrogen-bond donors (Lipinski definition) is 1. The molecule has 1 atom stereocenters. The van der Waals surface area contributed by atoms with Gasteiger partial charge in [-0.3, -0.25) is 9.59 Å². The Balaban J connectivity index is 2.14. The molecule has 5 nitrogen and oxygen atoms in total. The second-order valence-electron chi connectivity index (χ2n) is 5.36. The van der Waals surface area contributed by atoms with Crippen LogP contribution in [0, 0.1) is 12.3 Å². The summed E-state index contributed by atoms with van der Waals surface area (Å²) in [5.41, 5.74) is 0.700. The number of likely N-dealkylation sites (tertiary alicyclic amines) is 1. The summed E-state index contributed by atoms with van der Waals surface area (Å²) >= 11 is 0. The molecule has 0 spiro atoms. The molecule has 108 valence electrons. The molecule has 5 heteroatoms. The summed E-state index contributed by atoms with van der Waals surface area (Å²) in [7, 11) is 1.48. The number of carboxylic acid groups (broad SMARTS) is 1. The van der Waals surface area contributed by atoms with Crippen LogP contribution in [0.2, 0.25) is 0 Å². The fraction of sp³-hybridized carbons (Fsp3) is 0.467. The summed E-state index contributed by atoms with van der Waals surface area (Å²) in [6.45, 7) is 2.73. The molecule has 1 saturated heterocycles. The second kappa shape index (κ2) is 5.63. The van der Waals surface area contributed by atoms with Gasteiger partial charge in [-0.2, -0.15) is 0 Å². The van der Waals surface area contributed by atoms with Gasteiger partial charge in [0.2, 0.25) is 0 Å². The Labute approximate surface area is 118 Å². The first-order valence-corrected chi connectivity index (χ1v) is 6.57. The fourth-order valence-corrected chi connectivity index (χ4v) is 2.55. The Kier molecular flexibility index (Phi) is 4.09. The van der Waals surface area contributed by atoms with Crippen molar-refractivity contribution in [3.05, 3.63) is 35.4 Å². The number of nitrogens with zero attached hydrogens (tertiary/aromatic N) is 1. The van der Waals surface area contributed by atoms with Gasteiger partial charge in [0.05, 0.1) is 6.61 Å². The van der Waals surface area contributed by atoms with Crippen LogP contribution >= 0.6 is 0 Å². The number of carboxylic acids is 1. The molecule has 1 amide bonds. The van der Waals surface area contributed by atoms with Crippen LogP contribution in [-0.4, -0.2) is 48.7 Å². The Morgan fingerprint density at radius 1 is 1.35 bits per heavy atom. The number of aryl methyl sites for hydroxylation is 1. The minimum atomic E-state index is -0.977. The molecule has 0 saturated carbocycles. The molecular weight excluding hydrogens is 258 g/mol. The molecule has 0 bridgehead atoms. The van der Waals surface area contributed by atoms with Crippen LogP contribution in [0.25, 0.3) is 0 Å². The van der Waals surface area contributed by atoms with Crippen LogP contribution < -0.4 is 0 Å². The number of hydrogen-bond acceptors (Lipinski definition) is 3. The highest BCUT2D eigenvalue weighted by atomic mass is 16.5. The first-order valence-electron chi connectivity index (χ1n) is 6.57. The molecule has 1 aromatic rings. The van der Waals surface area contributed by atoms with Crippen molar-refractivity contribution >= 4 is 11.9 Å². The average Bonchev–Trinajstić information content (AvgIpc) is 2.85. The van der Waals surface area contributed by atoms with E-state index in [0.29, 0.717) is 18.5 Å². The van der Waals surface area contributed by atoms with E-state index in [1.54, 1.807) is 17.0 Å². The predicted octanol–water partition coefficient (Wildman–Crippen LogP) is 1.56. The Morgan fingerprint density at radius 3 is 2.55 bits per heavy atom. The van der Waals surface area contributed by atoms with E-state index in [1.165, 1.54) is 7.11 Å². The normalized spacial score (nSPS) is 22.0. The lowest BCUT2D eigenvalue weighted by Gasteiger charge is -2.23. The summed E-state index contributed by atoms with van der Waals surface area (Å²) in [5.74, 6) is -1.03. The van der Waals surface area contributed by atoms with E-state index in [4.69, 9.17) is 4.74 Å². The molecule has 2 rings (SSSR count). The van der Waals surface area contributed by atoms with Crippen molar-refractivity contribution in [2.45, 2.75) is 13.3 Å². The minimum Gasteiger partial charge on any atom is -0.481 e. The van der Waals surface area contributed by atoms with Gasteiger partial charge in [-0.05, 0) is 25.5 Å². The zero-order valence-corrected chi connectivity index (χ0v) is 11.8. The van der Waals surface area contributed by atoms with Crippen LogP contribution in [0.4, 0.5) is 0 Å². The summed E-state index contributed by atoms with van der Waals surface area (Å²) in [5, 5.41) is 9.38. The molecule has 0 aromatic heterocycles. The lowest BCUT2D eigenvalue weighted by atomic mass is 9.88. The van der Waals surface area contributed by atoms with Crippen LogP contribution in [0.5, 0.6) is 0 Å². The average molecular weight is 277 g/mol. The van der Waals surface area contributed by atoms with Crippen molar-refractivity contribution in [2.24, 2.45) is 5.41 Å². The maximum absolute atomic E-state index is 12.4. The van der Waals surface area contributed by atoms with Crippen LogP contribution in [0.15, 0.2) is 24.3 Å². The molecule has 1 aliphatic rings. The predicted molar refractivity (Wildman–Crippen MR) is 73.6 cm³/mol. The zero-order valence-electron chi connectivity index (χ0n) is 11.8. The van der Waals surface area contributed by atoms with Crippen molar-refractivity contribution < 1.29 is 19.4 Å². The summed E-state index contributed by atoms with van der Waals surface area (Å²) in [6.07, 6.45) is 0.424. The van der Waals surface area contributed by atoms with E-state index in [2.05, 4.69) is 0 Å². The van der Waals surface area contributed by atoms with Gasteiger partial charge in [0.15, 0.2) is 0 Å². The third-order valence-electron chi connectivity index (χ3n) is 3.81. The molecule has 1 aromatic carbocycles. The quantitative estimate of drug-likeness (QED) is 0.907. The van der Waals surface area contributed by atoms with Crippen LogP contribution in [0.3, 0.4) is 0 Å². The number of carbonyl (C=O) groups is 2. The highest BCUT2D eigenvalue weighted by Crippen LogP contribution is 2.32. The van der Waals surface area contributed by atoms with Gasteiger partial charge in [-0.15, -0.1) is 0 Å². The van der Waals surface area contributed by atoms with Gasteiger partial charge in [-0.25, -0.2) is 0 Å². The van der Waals surface area contributed by atoms with Crippen molar-refractivity contribution in [3.63, 3.8) is 0 Å². The van der Waals surface area contributed by atoms with Gasteiger partial charge in [-0.1, -0.05) is 17.7 Å². The molecule has 20 heavy (non-hydrogen) atoms. The van der Waals surface area contributed by atoms with E-state index in [9.17, 15) is 14.7 Å². The van der Waals surface area contributed by atoms with Gasteiger partial charge in [0.1, 0.15) is 5.41 Å². The van der Waals surface area contributed by atoms with E-state index in [1.807, 2.05) is 19.1 Å². The smallest absolute Gasteiger partial charge is 0.313 e. The van der Waals surface area contributed by atoms with Crippen LogP contribution in [-0.2, 0) is 9.53 Å². The Morgan fingerprint density at radius 2 is 2.00 bits per heavy atom. The molecule has 0 aliphatic carbocycles. The maximum Gasteiger partial charge on any atom is 0.313 e. The zero-order chi connectivity index (χ0) is 14.8. The first-order chi connectivity index (χ1) is 9.48. The topological polar surface area (TPSA) is 66.8 Å². The second-order valence-corrected chi connectivity index (χ2v) is 5.36. The monoisotopic (exact) mass is 277 g/mol. The summed E-state index contributed by atoms with van der Waals surface area (Å²) in [4.78, 5) is 25.4. The third-order valence-corrected chi connectivity index (χ3v) is 3.81. The number of ether oxygens (including phenoxy) is 1. The molecule has 0 radical (unpaired) electrons. The lowest BCUT2D eigenvalue weighted by molar-refractivity contribution is -0.151. The van der Waals surface area contributed by atoms with Crippen molar-refractivity contribution in [3.8, 4) is 0 Å². The van der Waals surface area contributed by atoms with Gasteiger partial charge in [0, 0.05) is 25.8 Å². The number of methoxy groups -OCH3 is 1. The van der Waals surface area contributed by atoms with Gasteiger partial charge < -0.3 is 14.7 Å². The van der Waals surface area contributed by atoms with Crippen LogP contribution in [0.1, 0.15) is 22.3 Å². The molecular formula is C15H19NO4. The lowest BCUT2D eigenvalue weighted by Crippen LogP contribution is -2.40. The Bertz CT molecular complexity index is 511. The maximum atomic E-state index is 12.4. The van der Waals surface area contributed by atoms with Crippen molar-refractivity contribution in [1.82, 2.24) is 4.90 Å². The number of benzene rings is 1. The molecule has 1 fully saturated rings. The van der Waals surface area contributed by atoms with E-state index in [-0.39, 0.29) is 19.1 Å². The van der Waals surface area contributed by atoms with Crippen molar-refractivity contribution in [2.75, 3.05) is 26.8 Å². The van der Waals surface area contributed by atoms with Gasteiger partial charge >= 0.3 is 5.97 Å². The molecule has 1 aliphatic heterocycles. The highest BCUT2D eigenvalue weighted by molar-refractivity contribution is 5.95. The standard InChI is InChI=1S/C15H19NO4/c1-11-3-5-12(6-4-11)13(17)16-8-7-15(9-16,10-20-2)14(18)19/h3-6H,7-10H2,1-2H3,(H,18,19). The van der Waals surface area contributed by atoms with E-state index < -0.39 is 11.4 Å². The summed E-state index contributed by atoms with van der Waals surface area (Å²) < 4.78 is 5.02. The Hall–Kier alpha value is -1.88. The SMILES string of the molecule is COCC1(C(=O)O)CCN(C(=O)c2ccc(C)cc2)C1. The number of amides is 1. The minimum absolute atomic E-state index is 0.121.